The van der Waals surface area contributed by atoms with Gasteiger partial charge >= 0.3 is 5.97 Å². The number of benzene rings is 3. The Balaban J connectivity index is 1.86. The first-order valence-electron chi connectivity index (χ1n) is 11.8. The molecule has 3 aromatic carbocycles. The van der Waals surface area contributed by atoms with Crippen LogP contribution in [0.4, 0.5) is 5.69 Å². The van der Waals surface area contributed by atoms with Crippen molar-refractivity contribution in [1.29, 1.82) is 0 Å². The standard InChI is InChI=1S/C29H30N2O2/c1-5-30(6-2)22-18-16-21(17-19-22)29(24-13-9-11-15-26(24)33-28(29)32)27-20(4)31(7-3)25-14-10-8-12-23(25)27/h8-19H,5-7H2,1-4H3. The molecule has 0 saturated carbocycles. The van der Waals surface area contributed by atoms with Crippen molar-refractivity contribution in [1.82, 2.24) is 4.57 Å². The highest BCUT2D eigenvalue weighted by Crippen LogP contribution is 2.52. The zero-order valence-electron chi connectivity index (χ0n) is 19.8. The summed E-state index contributed by atoms with van der Waals surface area (Å²) in [5.41, 5.74) is 5.26. The van der Waals surface area contributed by atoms with Crippen LogP contribution in [-0.4, -0.2) is 23.6 Å². The predicted molar refractivity (Wildman–Crippen MR) is 134 cm³/mol. The van der Waals surface area contributed by atoms with Crippen molar-refractivity contribution in [3.05, 3.63) is 95.2 Å². The number of hydrogen-bond acceptors (Lipinski definition) is 3. The van der Waals surface area contributed by atoms with Crippen LogP contribution < -0.4 is 9.64 Å². The van der Waals surface area contributed by atoms with Crippen molar-refractivity contribution in [2.45, 2.75) is 39.7 Å². The van der Waals surface area contributed by atoms with Gasteiger partial charge in [0, 0.05) is 53.0 Å². The highest BCUT2D eigenvalue weighted by molar-refractivity contribution is 6.04. The average Bonchev–Trinajstić information content (AvgIpc) is 3.30. The van der Waals surface area contributed by atoms with E-state index in [1.54, 1.807) is 0 Å². The van der Waals surface area contributed by atoms with Gasteiger partial charge < -0.3 is 14.2 Å². The molecule has 0 spiro atoms. The third-order valence-electron chi connectivity index (χ3n) is 7.15. The molecule has 0 saturated heterocycles. The van der Waals surface area contributed by atoms with E-state index in [1.807, 2.05) is 24.3 Å². The molecule has 0 N–H and O–H groups in total. The number of ether oxygens (including phenoxy) is 1. The molecule has 5 rings (SSSR count). The van der Waals surface area contributed by atoms with Crippen LogP contribution >= 0.6 is 0 Å². The number of rotatable bonds is 6. The van der Waals surface area contributed by atoms with Crippen LogP contribution in [-0.2, 0) is 16.8 Å². The lowest BCUT2D eigenvalue weighted by molar-refractivity contribution is -0.135. The van der Waals surface area contributed by atoms with E-state index in [2.05, 4.69) is 85.7 Å². The number of anilines is 1. The summed E-state index contributed by atoms with van der Waals surface area (Å²) in [6.45, 7) is 11.3. The number of hydrogen-bond donors (Lipinski definition) is 0. The second-order valence-electron chi connectivity index (χ2n) is 8.58. The first-order chi connectivity index (χ1) is 16.1. The summed E-state index contributed by atoms with van der Waals surface area (Å²) in [7, 11) is 0. The highest BCUT2D eigenvalue weighted by atomic mass is 16.5. The Morgan fingerprint density at radius 3 is 2.24 bits per heavy atom. The summed E-state index contributed by atoms with van der Waals surface area (Å²) in [6, 6.07) is 24.7. The number of nitrogens with zero attached hydrogens (tertiary/aromatic N) is 2. The van der Waals surface area contributed by atoms with Crippen molar-refractivity contribution in [3.8, 4) is 5.75 Å². The topological polar surface area (TPSA) is 34.5 Å². The van der Waals surface area contributed by atoms with E-state index >= 15 is 0 Å². The monoisotopic (exact) mass is 438 g/mol. The molecule has 1 atom stereocenters. The van der Waals surface area contributed by atoms with Crippen molar-refractivity contribution >= 4 is 22.6 Å². The molecular weight excluding hydrogens is 408 g/mol. The van der Waals surface area contributed by atoms with E-state index in [0.29, 0.717) is 5.75 Å². The van der Waals surface area contributed by atoms with Crippen molar-refractivity contribution < 1.29 is 9.53 Å². The third kappa shape index (κ3) is 2.93. The number of para-hydroxylation sites is 2. The third-order valence-corrected chi connectivity index (χ3v) is 7.15. The summed E-state index contributed by atoms with van der Waals surface area (Å²) >= 11 is 0. The quantitative estimate of drug-likeness (QED) is 0.271. The van der Waals surface area contributed by atoms with Gasteiger partial charge in [-0.2, -0.15) is 0 Å². The summed E-state index contributed by atoms with van der Waals surface area (Å²) < 4.78 is 8.24. The minimum Gasteiger partial charge on any atom is -0.425 e. The van der Waals surface area contributed by atoms with E-state index in [0.717, 1.165) is 58.6 Å². The molecule has 0 radical (unpaired) electrons. The van der Waals surface area contributed by atoms with Crippen LogP contribution in [0, 0.1) is 6.92 Å². The Morgan fingerprint density at radius 1 is 0.879 bits per heavy atom. The maximum atomic E-state index is 13.9. The van der Waals surface area contributed by atoms with Crippen molar-refractivity contribution in [3.63, 3.8) is 0 Å². The average molecular weight is 439 g/mol. The van der Waals surface area contributed by atoms with E-state index in [4.69, 9.17) is 4.74 Å². The maximum absolute atomic E-state index is 13.9. The van der Waals surface area contributed by atoms with Crippen LogP contribution in [0.25, 0.3) is 10.9 Å². The van der Waals surface area contributed by atoms with E-state index in [-0.39, 0.29) is 5.97 Å². The van der Waals surface area contributed by atoms with Crippen LogP contribution in [0.1, 0.15) is 43.2 Å². The first-order valence-corrected chi connectivity index (χ1v) is 11.8. The Morgan fingerprint density at radius 2 is 1.55 bits per heavy atom. The summed E-state index contributed by atoms with van der Waals surface area (Å²) in [5, 5.41) is 1.10. The molecule has 0 bridgehead atoms. The molecule has 4 nitrogen and oxygen atoms in total. The number of aromatic nitrogens is 1. The molecule has 2 heterocycles. The zero-order valence-corrected chi connectivity index (χ0v) is 19.8. The van der Waals surface area contributed by atoms with Gasteiger partial charge in [0.25, 0.3) is 0 Å². The van der Waals surface area contributed by atoms with Crippen LogP contribution in [0.2, 0.25) is 0 Å². The molecule has 168 valence electrons. The van der Waals surface area contributed by atoms with Gasteiger partial charge in [-0.15, -0.1) is 0 Å². The van der Waals surface area contributed by atoms with Gasteiger partial charge in [0.15, 0.2) is 0 Å². The lowest BCUT2D eigenvalue weighted by Crippen LogP contribution is -2.37. The van der Waals surface area contributed by atoms with Gasteiger partial charge in [-0.1, -0.05) is 48.5 Å². The first kappa shape index (κ1) is 21.3. The normalized spacial score (nSPS) is 17.3. The Kier molecular flexibility index (Phi) is 5.24. The minimum atomic E-state index is -1.01. The second-order valence-corrected chi connectivity index (χ2v) is 8.58. The highest BCUT2D eigenvalue weighted by Gasteiger charge is 2.54. The van der Waals surface area contributed by atoms with Crippen molar-refractivity contribution in [2.24, 2.45) is 0 Å². The van der Waals surface area contributed by atoms with Gasteiger partial charge in [-0.05, 0) is 57.5 Å². The van der Waals surface area contributed by atoms with Crippen LogP contribution in [0.15, 0.2) is 72.8 Å². The van der Waals surface area contributed by atoms with E-state index in [1.165, 1.54) is 0 Å². The van der Waals surface area contributed by atoms with Crippen LogP contribution in [0.3, 0.4) is 0 Å². The molecule has 0 aliphatic carbocycles. The predicted octanol–water partition coefficient (Wildman–Crippen LogP) is 6.07. The summed E-state index contributed by atoms with van der Waals surface area (Å²) in [4.78, 5) is 16.2. The molecule has 1 aliphatic heterocycles. The smallest absolute Gasteiger partial charge is 0.331 e. The molecule has 4 aromatic rings. The largest absolute Gasteiger partial charge is 0.425 e. The number of aryl methyl sites for hydroxylation is 1. The Bertz CT molecular complexity index is 1330. The fourth-order valence-electron chi connectivity index (χ4n) is 5.63. The second kappa shape index (κ2) is 8.11. The number of carbonyl (C=O) groups excluding carboxylic acids is 1. The molecule has 33 heavy (non-hydrogen) atoms. The lowest BCUT2D eigenvalue weighted by Gasteiger charge is -2.29. The maximum Gasteiger partial charge on any atom is 0.331 e. The number of esters is 1. The van der Waals surface area contributed by atoms with Gasteiger partial charge in [-0.3, -0.25) is 0 Å². The fraction of sp³-hybridized carbons (Fsp3) is 0.276. The Hall–Kier alpha value is -3.53. The van der Waals surface area contributed by atoms with Gasteiger partial charge in [0.05, 0.1) is 0 Å². The summed E-state index contributed by atoms with van der Waals surface area (Å²) in [6.07, 6.45) is 0. The molecule has 1 unspecified atom stereocenters. The fourth-order valence-corrected chi connectivity index (χ4v) is 5.63. The SMILES string of the molecule is CCN(CC)c1ccc(C2(c3c(C)n(CC)c4ccccc34)C(=O)Oc3ccccc32)cc1. The van der Waals surface area contributed by atoms with Gasteiger partial charge in [0.1, 0.15) is 11.2 Å². The molecular formula is C29H30N2O2. The van der Waals surface area contributed by atoms with E-state index in [9.17, 15) is 4.79 Å². The summed E-state index contributed by atoms with van der Waals surface area (Å²) in [5.74, 6) is 0.407. The lowest BCUT2D eigenvalue weighted by atomic mass is 9.69. The number of carbonyl (C=O) groups is 1. The molecule has 1 aromatic heterocycles. The molecule has 0 fully saturated rings. The molecule has 4 heteroatoms. The van der Waals surface area contributed by atoms with Crippen LogP contribution in [0.5, 0.6) is 5.75 Å². The minimum absolute atomic E-state index is 0.235. The van der Waals surface area contributed by atoms with Gasteiger partial charge in [-0.25, -0.2) is 4.79 Å². The zero-order chi connectivity index (χ0) is 23.2. The number of fused-ring (bicyclic) bond motifs is 2. The van der Waals surface area contributed by atoms with Crippen molar-refractivity contribution in [2.75, 3.05) is 18.0 Å². The molecule has 1 aliphatic rings. The van der Waals surface area contributed by atoms with Gasteiger partial charge in [0.2, 0.25) is 0 Å². The molecule has 0 amide bonds. The Labute approximate surface area is 195 Å². The van der Waals surface area contributed by atoms with E-state index < -0.39 is 5.41 Å².